The summed E-state index contributed by atoms with van der Waals surface area (Å²) < 4.78 is 0. The van der Waals surface area contributed by atoms with Crippen LogP contribution in [-0.4, -0.2) is 6.29 Å². The Hall–Kier alpha value is -1.08. The summed E-state index contributed by atoms with van der Waals surface area (Å²) in [6, 6.07) is 6.88. The number of allylic oxidation sites excluding steroid dienone is 1. The Morgan fingerprint density at radius 2 is 1.91 bits per heavy atom. The van der Waals surface area contributed by atoms with Crippen molar-refractivity contribution in [2.24, 2.45) is 0 Å². The molecule has 0 saturated carbocycles. The summed E-state index contributed by atoms with van der Waals surface area (Å²) in [6.45, 7) is 3.51. The van der Waals surface area contributed by atoms with Crippen molar-refractivity contribution in [3.63, 3.8) is 0 Å². The highest BCUT2D eigenvalue weighted by Crippen LogP contribution is 2.13. The standard InChI is InChI=1S/C9H6ClO/c1-7(6-11)8-2-4-9(10)5-3-8/h2-5H,1H2. The largest absolute Gasteiger partial charge is 0.285 e. The summed E-state index contributed by atoms with van der Waals surface area (Å²) >= 11 is 5.63. The molecule has 0 aromatic heterocycles. The van der Waals surface area contributed by atoms with Crippen molar-refractivity contribution >= 4 is 23.5 Å². The quantitative estimate of drug-likeness (QED) is 0.616. The Bertz CT molecular complexity index is 274. The molecule has 0 unspecified atom stereocenters. The molecule has 55 valence electrons. The van der Waals surface area contributed by atoms with Crippen LogP contribution in [0.3, 0.4) is 0 Å². The lowest BCUT2D eigenvalue weighted by atomic mass is 10.1. The van der Waals surface area contributed by atoms with Crippen LogP contribution in [0.2, 0.25) is 5.02 Å². The van der Waals surface area contributed by atoms with Crippen molar-refractivity contribution < 1.29 is 4.79 Å². The van der Waals surface area contributed by atoms with Gasteiger partial charge in [-0.2, -0.15) is 0 Å². The van der Waals surface area contributed by atoms with Crippen LogP contribution in [0, 0.1) is 0 Å². The van der Waals surface area contributed by atoms with E-state index in [1.54, 1.807) is 30.6 Å². The zero-order valence-corrected chi connectivity index (χ0v) is 6.56. The van der Waals surface area contributed by atoms with Gasteiger partial charge in [-0.05, 0) is 17.7 Å². The summed E-state index contributed by atoms with van der Waals surface area (Å²) in [5.74, 6) is 0. The zero-order valence-electron chi connectivity index (χ0n) is 5.80. The third kappa shape index (κ3) is 1.92. The van der Waals surface area contributed by atoms with Crippen LogP contribution in [0.5, 0.6) is 0 Å². The van der Waals surface area contributed by atoms with Gasteiger partial charge in [-0.15, -0.1) is 0 Å². The number of hydrogen-bond donors (Lipinski definition) is 0. The van der Waals surface area contributed by atoms with Crippen LogP contribution < -0.4 is 0 Å². The molecule has 1 nitrogen and oxygen atoms in total. The molecule has 0 aliphatic heterocycles. The smallest absolute Gasteiger partial charge is 0.233 e. The topological polar surface area (TPSA) is 17.1 Å². The van der Waals surface area contributed by atoms with Gasteiger partial charge in [-0.3, -0.25) is 4.79 Å². The van der Waals surface area contributed by atoms with E-state index in [9.17, 15) is 4.79 Å². The minimum Gasteiger partial charge on any atom is -0.285 e. The number of halogens is 1. The highest BCUT2D eigenvalue weighted by Gasteiger charge is 1.96. The fraction of sp³-hybridized carbons (Fsp3) is 0. The van der Waals surface area contributed by atoms with Crippen molar-refractivity contribution in [1.82, 2.24) is 0 Å². The molecule has 11 heavy (non-hydrogen) atoms. The molecule has 0 N–H and O–H groups in total. The summed E-state index contributed by atoms with van der Waals surface area (Å²) in [5.41, 5.74) is 1.10. The third-order valence-electron chi connectivity index (χ3n) is 1.32. The SMILES string of the molecule is C=C([C]=O)c1ccc(Cl)cc1. The van der Waals surface area contributed by atoms with Crippen LogP contribution in [0.1, 0.15) is 5.56 Å². The average molecular weight is 166 g/mol. The van der Waals surface area contributed by atoms with Gasteiger partial charge in [0.05, 0.1) is 0 Å². The van der Waals surface area contributed by atoms with E-state index in [1.165, 1.54) is 0 Å². The molecular formula is C9H6ClO. The first-order valence-electron chi connectivity index (χ1n) is 3.07. The lowest BCUT2D eigenvalue weighted by Gasteiger charge is -1.95. The van der Waals surface area contributed by atoms with Gasteiger partial charge in [-0.25, -0.2) is 0 Å². The molecule has 0 spiro atoms. The number of rotatable bonds is 2. The molecule has 1 rings (SSSR count). The van der Waals surface area contributed by atoms with Gasteiger partial charge in [0.1, 0.15) is 0 Å². The Labute approximate surface area is 70.3 Å². The number of benzene rings is 1. The molecule has 0 bridgehead atoms. The molecule has 2 heteroatoms. The van der Waals surface area contributed by atoms with E-state index in [0.29, 0.717) is 10.6 Å². The summed E-state index contributed by atoms with van der Waals surface area (Å²) in [6.07, 6.45) is 1.71. The minimum absolute atomic E-state index is 0.349. The molecule has 0 aliphatic rings. The van der Waals surface area contributed by atoms with Crippen molar-refractivity contribution in [1.29, 1.82) is 0 Å². The maximum absolute atomic E-state index is 10.1. The first kappa shape index (κ1) is 8.02. The first-order valence-corrected chi connectivity index (χ1v) is 3.45. The molecule has 0 aliphatic carbocycles. The van der Waals surface area contributed by atoms with Gasteiger partial charge in [-0.1, -0.05) is 30.3 Å². The Kier molecular flexibility index (Phi) is 2.44. The van der Waals surface area contributed by atoms with Crippen LogP contribution in [-0.2, 0) is 4.79 Å². The normalized spacial score (nSPS) is 9.18. The highest BCUT2D eigenvalue weighted by atomic mass is 35.5. The van der Waals surface area contributed by atoms with Gasteiger partial charge in [0.25, 0.3) is 0 Å². The van der Waals surface area contributed by atoms with Crippen molar-refractivity contribution in [2.75, 3.05) is 0 Å². The molecule has 1 radical (unpaired) electrons. The third-order valence-corrected chi connectivity index (χ3v) is 1.57. The second kappa shape index (κ2) is 3.35. The monoisotopic (exact) mass is 165 g/mol. The second-order valence-corrected chi connectivity index (χ2v) is 2.52. The molecular weight excluding hydrogens is 160 g/mol. The number of carbonyl (C=O) groups excluding carboxylic acids is 1. The maximum Gasteiger partial charge on any atom is 0.233 e. The van der Waals surface area contributed by atoms with Crippen LogP contribution in [0.25, 0.3) is 5.57 Å². The van der Waals surface area contributed by atoms with Crippen molar-refractivity contribution in [2.45, 2.75) is 0 Å². The van der Waals surface area contributed by atoms with E-state index in [0.717, 1.165) is 5.56 Å². The highest BCUT2D eigenvalue weighted by molar-refractivity contribution is 6.30. The molecule has 1 aromatic carbocycles. The lowest BCUT2D eigenvalue weighted by molar-refractivity contribution is 0.565. The van der Waals surface area contributed by atoms with Crippen LogP contribution >= 0.6 is 11.6 Å². The Balaban J connectivity index is 2.98. The minimum atomic E-state index is 0.349. The first-order chi connectivity index (χ1) is 5.24. The molecule has 1 aromatic rings. The van der Waals surface area contributed by atoms with E-state index in [2.05, 4.69) is 6.58 Å². The molecule has 0 atom stereocenters. The van der Waals surface area contributed by atoms with Gasteiger partial charge < -0.3 is 0 Å². The molecule has 0 amide bonds. The molecule has 0 fully saturated rings. The summed E-state index contributed by atoms with van der Waals surface area (Å²) in [4.78, 5) is 10.1. The average Bonchev–Trinajstić information content (AvgIpc) is 2.05. The summed E-state index contributed by atoms with van der Waals surface area (Å²) in [7, 11) is 0. The van der Waals surface area contributed by atoms with E-state index in [-0.39, 0.29) is 0 Å². The lowest BCUT2D eigenvalue weighted by Crippen LogP contribution is -1.81. The van der Waals surface area contributed by atoms with Gasteiger partial charge >= 0.3 is 0 Å². The van der Waals surface area contributed by atoms with Crippen LogP contribution in [0.15, 0.2) is 30.8 Å². The van der Waals surface area contributed by atoms with Crippen LogP contribution in [0.4, 0.5) is 0 Å². The Morgan fingerprint density at radius 1 is 1.36 bits per heavy atom. The summed E-state index contributed by atoms with van der Waals surface area (Å²) in [5, 5.41) is 0.646. The van der Waals surface area contributed by atoms with Crippen molar-refractivity contribution in [3.8, 4) is 0 Å². The number of hydrogen-bond acceptors (Lipinski definition) is 1. The van der Waals surface area contributed by atoms with E-state index >= 15 is 0 Å². The fourth-order valence-electron chi connectivity index (χ4n) is 0.710. The van der Waals surface area contributed by atoms with Crippen molar-refractivity contribution in [3.05, 3.63) is 41.4 Å². The predicted molar refractivity (Wildman–Crippen MR) is 46.2 cm³/mol. The van der Waals surface area contributed by atoms with E-state index < -0.39 is 0 Å². The second-order valence-electron chi connectivity index (χ2n) is 2.09. The maximum atomic E-state index is 10.1. The van der Waals surface area contributed by atoms with Gasteiger partial charge in [0, 0.05) is 10.6 Å². The fourth-order valence-corrected chi connectivity index (χ4v) is 0.836. The van der Waals surface area contributed by atoms with E-state index in [4.69, 9.17) is 11.6 Å². The van der Waals surface area contributed by atoms with Gasteiger partial charge in [0.2, 0.25) is 6.29 Å². The van der Waals surface area contributed by atoms with E-state index in [1.807, 2.05) is 0 Å². The van der Waals surface area contributed by atoms with Gasteiger partial charge in [0.15, 0.2) is 0 Å². The molecule has 0 saturated heterocycles. The Morgan fingerprint density at radius 3 is 2.36 bits per heavy atom. The molecule has 0 heterocycles. The predicted octanol–water partition coefficient (Wildman–Crippen LogP) is 2.46. The zero-order chi connectivity index (χ0) is 8.27.